The molecule has 3 heteroatoms. The molecule has 0 aliphatic rings. The van der Waals surface area contributed by atoms with Crippen molar-refractivity contribution in [2.75, 3.05) is 0 Å². The zero-order valence-corrected chi connectivity index (χ0v) is 23.9. The number of fused-ring (bicyclic) bond motifs is 7. The molecule has 206 valence electrons. The molecule has 3 heterocycles. The van der Waals surface area contributed by atoms with Gasteiger partial charge in [-0.25, -0.2) is 4.98 Å². The lowest BCUT2D eigenvalue weighted by Gasteiger charge is -2.19. The van der Waals surface area contributed by atoms with Gasteiger partial charge in [-0.15, -0.1) is 0 Å². The Kier molecular flexibility index (Phi) is 5.50. The van der Waals surface area contributed by atoms with Gasteiger partial charge in [0.1, 0.15) is 11.2 Å². The number of para-hydroxylation sites is 2. The summed E-state index contributed by atoms with van der Waals surface area (Å²) in [6, 6.07) is 58.3. The highest BCUT2D eigenvalue weighted by atomic mass is 15.1. The number of pyridine rings is 1. The van der Waals surface area contributed by atoms with Gasteiger partial charge in [-0.05, 0) is 58.7 Å². The van der Waals surface area contributed by atoms with Crippen LogP contribution in [0.5, 0.6) is 0 Å². The van der Waals surface area contributed by atoms with Gasteiger partial charge >= 0.3 is 0 Å². The maximum absolute atomic E-state index is 5.47. The largest absolute Gasteiger partial charge is 0.307 e. The van der Waals surface area contributed by atoms with Crippen molar-refractivity contribution in [3.63, 3.8) is 0 Å². The van der Waals surface area contributed by atoms with E-state index in [4.69, 9.17) is 4.98 Å². The van der Waals surface area contributed by atoms with E-state index in [2.05, 4.69) is 173 Å². The number of imidazole rings is 1. The van der Waals surface area contributed by atoms with Gasteiger partial charge < -0.3 is 4.57 Å². The fourth-order valence-corrected chi connectivity index (χ4v) is 6.84. The Bertz CT molecular complexity index is 2460. The van der Waals surface area contributed by atoms with Crippen molar-refractivity contribution in [2.45, 2.75) is 0 Å². The van der Waals surface area contributed by atoms with E-state index >= 15 is 0 Å². The molecule has 6 aromatic carbocycles. The topological polar surface area (TPSA) is 22.2 Å². The first kappa shape index (κ1) is 24.6. The Hall–Kier alpha value is -5.93. The molecule has 0 saturated carbocycles. The molecule has 44 heavy (non-hydrogen) atoms. The second kappa shape index (κ2) is 9.82. The van der Waals surface area contributed by atoms with Crippen LogP contribution in [0.1, 0.15) is 0 Å². The van der Waals surface area contributed by atoms with Crippen LogP contribution in [0.4, 0.5) is 0 Å². The highest BCUT2D eigenvalue weighted by Gasteiger charge is 2.23. The fourth-order valence-electron chi connectivity index (χ4n) is 6.84. The number of benzene rings is 6. The third-order valence-corrected chi connectivity index (χ3v) is 8.70. The predicted octanol–water partition coefficient (Wildman–Crippen LogP) is 10.6. The molecular formula is C41H27N3. The van der Waals surface area contributed by atoms with Crippen LogP contribution in [0.2, 0.25) is 0 Å². The van der Waals surface area contributed by atoms with Crippen molar-refractivity contribution in [3.05, 3.63) is 164 Å². The van der Waals surface area contributed by atoms with Crippen LogP contribution >= 0.6 is 0 Å². The smallest absolute Gasteiger partial charge is 0.139 e. The highest BCUT2D eigenvalue weighted by molar-refractivity contribution is 6.18. The minimum absolute atomic E-state index is 0.926. The standard InChI is InChI=1S/C41H27N3/c1-5-15-28(16-6-1)34-27-37-42-39-36(44(37)40(30-19-9-3-10-20-30)38(34)29-17-7-2-8-18-29)26-25-33-32-23-13-14-24-35(32)43(41(33)39)31-21-11-4-12-22-31/h1-27H. The first-order valence-corrected chi connectivity index (χ1v) is 15.0. The van der Waals surface area contributed by atoms with Gasteiger partial charge in [0.15, 0.2) is 0 Å². The van der Waals surface area contributed by atoms with Crippen molar-refractivity contribution in [2.24, 2.45) is 0 Å². The summed E-state index contributed by atoms with van der Waals surface area (Å²) in [6.07, 6.45) is 0. The summed E-state index contributed by atoms with van der Waals surface area (Å²) in [5, 5.41) is 2.43. The predicted molar refractivity (Wildman–Crippen MR) is 183 cm³/mol. The maximum Gasteiger partial charge on any atom is 0.139 e. The zero-order valence-electron chi connectivity index (χ0n) is 23.9. The van der Waals surface area contributed by atoms with Crippen LogP contribution in [0.25, 0.3) is 77.7 Å². The van der Waals surface area contributed by atoms with Crippen LogP contribution in [0.3, 0.4) is 0 Å². The lowest BCUT2D eigenvalue weighted by molar-refractivity contribution is 1.18. The molecule has 0 N–H and O–H groups in total. The van der Waals surface area contributed by atoms with E-state index in [9.17, 15) is 0 Å². The van der Waals surface area contributed by atoms with Gasteiger partial charge in [0.05, 0.1) is 22.2 Å². The summed E-state index contributed by atoms with van der Waals surface area (Å²) < 4.78 is 4.74. The number of nitrogens with zero attached hydrogens (tertiary/aromatic N) is 3. The van der Waals surface area contributed by atoms with Crippen LogP contribution < -0.4 is 0 Å². The fraction of sp³-hybridized carbons (Fsp3) is 0. The quantitative estimate of drug-likeness (QED) is 0.209. The molecule has 0 saturated heterocycles. The summed E-state index contributed by atoms with van der Waals surface area (Å²) in [4.78, 5) is 5.47. The average Bonchev–Trinajstić information content (AvgIpc) is 3.65. The summed E-state index contributed by atoms with van der Waals surface area (Å²) >= 11 is 0. The van der Waals surface area contributed by atoms with Gasteiger partial charge in [0.25, 0.3) is 0 Å². The van der Waals surface area contributed by atoms with Gasteiger partial charge in [0.2, 0.25) is 0 Å². The molecule has 0 amide bonds. The molecule has 0 radical (unpaired) electrons. The molecule has 9 aromatic rings. The van der Waals surface area contributed by atoms with E-state index < -0.39 is 0 Å². The first-order valence-electron chi connectivity index (χ1n) is 15.0. The second-order valence-corrected chi connectivity index (χ2v) is 11.2. The van der Waals surface area contributed by atoms with E-state index in [0.29, 0.717) is 0 Å². The van der Waals surface area contributed by atoms with Gasteiger partial charge in [-0.2, -0.15) is 0 Å². The average molecular weight is 562 g/mol. The van der Waals surface area contributed by atoms with Gasteiger partial charge in [0, 0.05) is 22.0 Å². The Balaban J connectivity index is 1.51. The van der Waals surface area contributed by atoms with Crippen molar-refractivity contribution in [1.82, 2.24) is 14.0 Å². The van der Waals surface area contributed by atoms with Gasteiger partial charge in [-0.3, -0.25) is 4.40 Å². The number of hydrogen-bond acceptors (Lipinski definition) is 1. The summed E-state index contributed by atoms with van der Waals surface area (Å²) in [5.41, 5.74) is 13.4. The van der Waals surface area contributed by atoms with E-state index in [0.717, 1.165) is 39.1 Å². The summed E-state index contributed by atoms with van der Waals surface area (Å²) in [6.45, 7) is 0. The van der Waals surface area contributed by atoms with Crippen LogP contribution in [-0.2, 0) is 0 Å². The second-order valence-electron chi connectivity index (χ2n) is 11.2. The minimum atomic E-state index is 0.926. The Morgan fingerprint density at radius 1 is 0.455 bits per heavy atom. The molecule has 9 rings (SSSR count). The molecule has 0 aliphatic heterocycles. The van der Waals surface area contributed by atoms with E-state index in [1.165, 1.54) is 38.5 Å². The summed E-state index contributed by atoms with van der Waals surface area (Å²) in [7, 11) is 0. The van der Waals surface area contributed by atoms with Crippen LogP contribution in [-0.4, -0.2) is 14.0 Å². The molecule has 0 spiro atoms. The van der Waals surface area contributed by atoms with Crippen LogP contribution in [0, 0.1) is 0 Å². The first-order chi connectivity index (χ1) is 21.9. The van der Waals surface area contributed by atoms with Crippen molar-refractivity contribution < 1.29 is 0 Å². The minimum Gasteiger partial charge on any atom is -0.307 e. The van der Waals surface area contributed by atoms with E-state index in [1.807, 2.05) is 0 Å². The lowest BCUT2D eigenvalue weighted by atomic mass is 9.91. The molecule has 0 unspecified atom stereocenters. The number of rotatable bonds is 4. The van der Waals surface area contributed by atoms with Gasteiger partial charge in [-0.1, -0.05) is 127 Å². The Labute approximate surface area is 254 Å². The molecule has 0 bridgehead atoms. The molecule has 3 nitrogen and oxygen atoms in total. The molecule has 3 aromatic heterocycles. The molecule has 0 fully saturated rings. The molecule has 0 atom stereocenters. The van der Waals surface area contributed by atoms with Crippen molar-refractivity contribution in [1.29, 1.82) is 0 Å². The zero-order chi connectivity index (χ0) is 29.0. The molecule has 0 aliphatic carbocycles. The third kappa shape index (κ3) is 3.66. The highest BCUT2D eigenvalue weighted by Crippen LogP contribution is 2.44. The van der Waals surface area contributed by atoms with E-state index in [1.54, 1.807) is 0 Å². The van der Waals surface area contributed by atoms with E-state index in [-0.39, 0.29) is 0 Å². The lowest BCUT2D eigenvalue weighted by Crippen LogP contribution is -1.99. The van der Waals surface area contributed by atoms with Crippen LogP contribution in [0.15, 0.2) is 164 Å². The monoisotopic (exact) mass is 561 g/mol. The third-order valence-electron chi connectivity index (χ3n) is 8.70. The Morgan fingerprint density at radius 2 is 1.05 bits per heavy atom. The number of aromatic nitrogens is 3. The van der Waals surface area contributed by atoms with Crippen molar-refractivity contribution in [3.8, 4) is 39.2 Å². The molecular weight excluding hydrogens is 534 g/mol. The van der Waals surface area contributed by atoms with Crippen molar-refractivity contribution >= 4 is 38.5 Å². The normalized spacial score (nSPS) is 11.6. The maximum atomic E-state index is 5.47. The SMILES string of the molecule is c1ccc(-c2cc3nc4c5c(ccc4n3c(-c3ccccc3)c2-c2ccccc2)c2ccccc2n5-c2ccccc2)cc1. The number of hydrogen-bond donors (Lipinski definition) is 0. The Morgan fingerprint density at radius 3 is 1.75 bits per heavy atom. The summed E-state index contributed by atoms with van der Waals surface area (Å²) in [5.74, 6) is 0.